The van der Waals surface area contributed by atoms with Gasteiger partial charge in [0.15, 0.2) is 5.96 Å². The number of hydrogen-bond donors (Lipinski definition) is 2. The van der Waals surface area contributed by atoms with E-state index < -0.39 is 0 Å². The summed E-state index contributed by atoms with van der Waals surface area (Å²) in [6.45, 7) is 5.75. The minimum atomic E-state index is 0.388. The molecule has 0 unspecified atom stereocenters. The molecule has 0 radical (unpaired) electrons. The van der Waals surface area contributed by atoms with Crippen LogP contribution in [-0.2, 0) is 6.54 Å². The van der Waals surface area contributed by atoms with Gasteiger partial charge in [0.25, 0.3) is 0 Å². The maximum atomic E-state index is 6.21. The van der Waals surface area contributed by atoms with E-state index in [2.05, 4.69) is 47.7 Å². The van der Waals surface area contributed by atoms with Crippen molar-refractivity contribution in [1.82, 2.24) is 10.6 Å². The minimum absolute atomic E-state index is 0.388. The maximum Gasteiger partial charge on any atom is 0.191 e. The Morgan fingerprint density at radius 3 is 2.71 bits per heavy atom. The van der Waals surface area contributed by atoms with Gasteiger partial charge >= 0.3 is 0 Å². The molecule has 2 N–H and O–H groups in total. The first-order valence-electron chi connectivity index (χ1n) is 7.93. The first-order chi connectivity index (χ1) is 10.2. The van der Waals surface area contributed by atoms with Crippen molar-refractivity contribution in [1.29, 1.82) is 0 Å². The Bertz CT molecular complexity index is 479. The second-order valence-electron chi connectivity index (χ2n) is 5.59. The molecule has 1 fully saturated rings. The Labute approximate surface area is 128 Å². The standard InChI is InChI=1S/C17H27N3O/c1-4-19-17(18-3)20-12-14-10-9-13(2)11-16(14)21-15-7-5-6-8-15/h9-11,15H,4-8,12H2,1-3H3,(H2,18,19,20). The fraction of sp³-hybridized carbons (Fsp3) is 0.588. The molecular formula is C17H27N3O. The summed E-state index contributed by atoms with van der Waals surface area (Å²) in [6.07, 6.45) is 5.33. The van der Waals surface area contributed by atoms with Crippen LogP contribution >= 0.6 is 0 Å². The van der Waals surface area contributed by atoms with Crippen LogP contribution in [0.5, 0.6) is 5.75 Å². The van der Waals surface area contributed by atoms with Crippen LogP contribution in [0.15, 0.2) is 23.2 Å². The molecule has 1 aliphatic rings. The minimum Gasteiger partial charge on any atom is -0.490 e. The molecule has 1 aromatic rings. The van der Waals surface area contributed by atoms with Crippen molar-refractivity contribution in [2.45, 2.75) is 52.2 Å². The van der Waals surface area contributed by atoms with Crippen LogP contribution in [0.25, 0.3) is 0 Å². The first kappa shape index (κ1) is 15.7. The molecule has 21 heavy (non-hydrogen) atoms. The molecule has 0 aromatic heterocycles. The molecule has 0 heterocycles. The summed E-state index contributed by atoms with van der Waals surface area (Å²) in [5.74, 6) is 1.84. The fourth-order valence-corrected chi connectivity index (χ4v) is 2.67. The largest absolute Gasteiger partial charge is 0.490 e. The van der Waals surface area contributed by atoms with Gasteiger partial charge in [0.1, 0.15) is 5.75 Å². The van der Waals surface area contributed by atoms with Crippen LogP contribution in [0, 0.1) is 6.92 Å². The summed E-state index contributed by atoms with van der Waals surface area (Å²) in [5.41, 5.74) is 2.43. The van der Waals surface area contributed by atoms with Gasteiger partial charge in [0, 0.05) is 25.7 Å². The summed E-state index contributed by atoms with van der Waals surface area (Å²) in [4.78, 5) is 4.20. The van der Waals surface area contributed by atoms with Crippen molar-refractivity contribution in [3.8, 4) is 5.75 Å². The third kappa shape index (κ3) is 4.66. The zero-order valence-corrected chi connectivity index (χ0v) is 13.4. The molecule has 0 spiro atoms. The van der Waals surface area contributed by atoms with Crippen molar-refractivity contribution in [3.05, 3.63) is 29.3 Å². The molecule has 0 bridgehead atoms. The van der Waals surface area contributed by atoms with Gasteiger partial charge in [0.2, 0.25) is 0 Å². The molecule has 1 saturated carbocycles. The van der Waals surface area contributed by atoms with Gasteiger partial charge in [-0.3, -0.25) is 4.99 Å². The molecule has 0 aliphatic heterocycles. The van der Waals surface area contributed by atoms with E-state index in [1.54, 1.807) is 7.05 Å². The smallest absolute Gasteiger partial charge is 0.191 e. The van der Waals surface area contributed by atoms with Gasteiger partial charge in [-0.15, -0.1) is 0 Å². The van der Waals surface area contributed by atoms with Gasteiger partial charge in [0.05, 0.1) is 6.10 Å². The van der Waals surface area contributed by atoms with Crippen LogP contribution < -0.4 is 15.4 Å². The highest BCUT2D eigenvalue weighted by atomic mass is 16.5. The molecule has 4 heteroatoms. The van der Waals surface area contributed by atoms with E-state index in [0.717, 1.165) is 24.8 Å². The van der Waals surface area contributed by atoms with Gasteiger partial charge in [-0.05, 0) is 51.2 Å². The normalized spacial score (nSPS) is 16.0. The van der Waals surface area contributed by atoms with Gasteiger partial charge in [-0.2, -0.15) is 0 Å². The fourth-order valence-electron chi connectivity index (χ4n) is 2.67. The van der Waals surface area contributed by atoms with Crippen LogP contribution in [0.2, 0.25) is 0 Å². The van der Waals surface area contributed by atoms with Crippen molar-refractivity contribution in [2.75, 3.05) is 13.6 Å². The molecule has 1 aromatic carbocycles. The van der Waals surface area contributed by atoms with Crippen molar-refractivity contribution in [2.24, 2.45) is 4.99 Å². The van der Waals surface area contributed by atoms with Gasteiger partial charge in [-0.1, -0.05) is 12.1 Å². The Morgan fingerprint density at radius 2 is 2.05 bits per heavy atom. The average Bonchev–Trinajstić information content (AvgIpc) is 2.98. The lowest BCUT2D eigenvalue weighted by Gasteiger charge is -2.18. The summed E-state index contributed by atoms with van der Waals surface area (Å²) >= 11 is 0. The lowest BCUT2D eigenvalue weighted by Crippen LogP contribution is -2.36. The average molecular weight is 289 g/mol. The van der Waals surface area contributed by atoms with Crippen LogP contribution in [0.4, 0.5) is 0 Å². The Kier molecular flexibility index (Phi) is 5.90. The molecule has 1 aliphatic carbocycles. The van der Waals surface area contributed by atoms with Crippen LogP contribution in [0.1, 0.15) is 43.7 Å². The van der Waals surface area contributed by atoms with Crippen LogP contribution in [0.3, 0.4) is 0 Å². The number of aliphatic imine (C=N–C) groups is 1. The monoisotopic (exact) mass is 289 g/mol. The van der Waals surface area contributed by atoms with Gasteiger partial charge in [-0.25, -0.2) is 0 Å². The maximum absolute atomic E-state index is 6.21. The Balaban J connectivity index is 2.03. The predicted molar refractivity (Wildman–Crippen MR) is 87.9 cm³/mol. The van der Waals surface area contributed by atoms with E-state index in [4.69, 9.17) is 4.74 Å². The SMILES string of the molecule is CCNC(=NC)NCc1ccc(C)cc1OC1CCCC1. The number of ether oxygens (including phenoxy) is 1. The summed E-state index contributed by atoms with van der Waals surface area (Å²) in [5, 5.41) is 6.53. The van der Waals surface area contributed by atoms with Crippen molar-refractivity contribution < 1.29 is 4.74 Å². The third-order valence-electron chi connectivity index (χ3n) is 3.83. The lowest BCUT2D eigenvalue weighted by atomic mass is 10.1. The molecule has 2 rings (SSSR count). The zero-order chi connectivity index (χ0) is 15.1. The van der Waals surface area contributed by atoms with E-state index in [1.165, 1.54) is 36.8 Å². The van der Waals surface area contributed by atoms with Crippen molar-refractivity contribution >= 4 is 5.96 Å². The van der Waals surface area contributed by atoms with E-state index in [0.29, 0.717) is 6.10 Å². The number of benzene rings is 1. The summed E-state index contributed by atoms with van der Waals surface area (Å²) < 4.78 is 6.21. The number of nitrogens with zero attached hydrogens (tertiary/aromatic N) is 1. The highest BCUT2D eigenvalue weighted by Crippen LogP contribution is 2.27. The summed E-state index contributed by atoms with van der Waals surface area (Å²) in [7, 11) is 1.79. The second-order valence-corrected chi connectivity index (χ2v) is 5.59. The molecule has 4 nitrogen and oxygen atoms in total. The molecule has 116 valence electrons. The van der Waals surface area contributed by atoms with Crippen molar-refractivity contribution in [3.63, 3.8) is 0 Å². The lowest BCUT2D eigenvalue weighted by molar-refractivity contribution is 0.207. The highest BCUT2D eigenvalue weighted by Gasteiger charge is 2.18. The van der Waals surface area contributed by atoms with E-state index in [1.807, 2.05) is 0 Å². The molecule has 0 amide bonds. The number of hydrogen-bond acceptors (Lipinski definition) is 2. The zero-order valence-electron chi connectivity index (χ0n) is 13.4. The number of nitrogens with one attached hydrogen (secondary N) is 2. The summed E-state index contributed by atoms with van der Waals surface area (Å²) in [6, 6.07) is 6.42. The van der Waals surface area contributed by atoms with E-state index >= 15 is 0 Å². The Hall–Kier alpha value is -1.71. The van der Waals surface area contributed by atoms with Gasteiger partial charge < -0.3 is 15.4 Å². The highest BCUT2D eigenvalue weighted by molar-refractivity contribution is 5.79. The topological polar surface area (TPSA) is 45.7 Å². The van der Waals surface area contributed by atoms with Crippen LogP contribution in [-0.4, -0.2) is 25.7 Å². The molecular weight excluding hydrogens is 262 g/mol. The molecule has 0 saturated heterocycles. The quantitative estimate of drug-likeness (QED) is 0.647. The molecule has 0 atom stereocenters. The van der Waals surface area contributed by atoms with E-state index in [9.17, 15) is 0 Å². The number of rotatable bonds is 5. The Morgan fingerprint density at radius 1 is 1.29 bits per heavy atom. The predicted octanol–water partition coefficient (Wildman–Crippen LogP) is 3.00. The first-order valence-corrected chi connectivity index (χ1v) is 7.93. The second kappa shape index (κ2) is 7.91. The number of aryl methyl sites for hydroxylation is 1. The third-order valence-corrected chi connectivity index (χ3v) is 3.83. The van der Waals surface area contributed by atoms with E-state index in [-0.39, 0.29) is 0 Å². The number of guanidine groups is 1.